The molecule has 17 heavy (non-hydrogen) atoms. The molecular weight excluding hydrogens is 210 g/mol. The van der Waals surface area contributed by atoms with E-state index in [1.165, 1.54) is 5.56 Å². The Morgan fingerprint density at radius 2 is 1.88 bits per heavy atom. The number of nitrogen functional groups attached to an aromatic ring is 1. The Labute approximate surface area is 102 Å². The predicted molar refractivity (Wildman–Crippen MR) is 71.8 cm³/mol. The first-order valence-corrected chi connectivity index (χ1v) is 5.94. The van der Waals surface area contributed by atoms with Crippen molar-refractivity contribution in [3.8, 4) is 11.1 Å². The van der Waals surface area contributed by atoms with E-state index < -0.39 is 0 Å². The van der Waals surface area contributed by atoms with Crippen molar-refractivity contribution in [3.63, 3.8) is 0 Å². The highest BCUT2D eigenvalue weighted by Gasteiger charge is 2.17. The molecule has 1 aromatic heterocycles. The van der Waals surface area contributed by atoms with Gasteiger partial charge in [0, 0.05) is 5.56 Å². The number of nitrogens with two attached hydrogens (primary N) is 1. The fourth-order valence-corrected chi connectivity index (χ4v) is 1.83. The molecule has 0 fully saturated rings. The lowest BCUT2D eigenvalue weighted by Gasteiger charge is -2.23. The molecule has 1 heterocycles. The monoisotopic (exact) mass is 229 g/mol. The first kappa shape index (κ1) is 11.7. The molecule has 0 bridgehead atoms. The SMILES string of the molecule is CCC(C)(C)c1ccc(-c2cn[nH]c2N)cc1. The average molecular weight is 229 g/mol. The van der Waals surface area contributed by atoms with Crippen LogP contribution in [0.2, 0.25) is 0 Å². The van der Waals surface area contributed by atoms with Gasteiger partial charge in [-0.25, -0.2) is 0 Å². The largest absolute Gasteiger partial charge is 0.384 e. The summed E-state index contributed by atoms with van der Waals surface area (Å²) < 4.78 is 0. The van der Waals surface area contributed by atoms with Crippen molar-refractivity contribution in [2.75, 3.05) is 5.73 Å². The zero-order chi connectivity index (χ0) is 12.5. The number of H-pyrrole nitrogens is 1. The number of nitrogens with one attached hydrogen (secondary N) is 1. The van der Waals surface area contributed by atoms with Gasteiger partial charge in [0.2, 0.25) is 0 Å². The molecule has 2 aromatic rings. The van der Waals surface area contributed by atoms with Crippen LogP contribution in [0.4, 0.5) is 5.82 Å². The van der Waals surface area contributed by atoms with Gasteiger partial charge in [-0.15, -0.1) is 0 Å². The number of rotatable bonds is 3. The first-order chi connectivity index (χ1) is 8.04. The van der Waals surface area contributed by atoms with E-state index in [0.717, 1.165) is 17.5 Å². The van der Waals surface area contributed by atoms with E-state index in [-0.39, 0.29) is 5.41 Å². The normalized spacial score (nSPS) is 11.7. The molecule has 0 saturated heterocycles. The number of hydrogen-bond donors (Lipinski definition) is 2. The van der Waals surface area contributed by atoms with Crippen molar-refractivity contribution in [2.24, 2.45) is 0 Å². The molecule has 1 aromatic carbocycles. The van der Waals surface area contributed by atoms with Crippen LogP contribution in [0.25, 0.3) is 11.1 Å². The lowest BCUT2D eigenvalue weighted by atomic mass is 9.82. The van der Waals surface area contributed by atoms with Crippen LogP contribution in [0, 0.1) is 0 Å². The third-order valence-electron chi connectivity index (χ3n) is 3.53. The van der Waals surface area contributed by atoms with Crippen LogP contribution in [0.15, 0.2) is 30.5 Å². The van der Waals surface area contributed by atoms with Crippen LogP contribution in [0.1, 0.15) is 32.8 Å². The molecule has 0 saturated carbocycles. The number of aromatic nitrogens is 2. The van der Waals surface area contributed by atoms with Gasteiger partial charge in [0.05, 0.1) is 6.20 Å². The minimum absolute atomic E-state index is 0.223. The van der Waals surface area contributed by atoms with E-state index in [1.54, 1.807) is 6.20 Å². The predicted octanol–water partition coefficient (Wildman–Crippen LogP) is 3.35. The molecule has 3 N–H and O–H groups in total. The van der Waals surface area contributed by atoms with Gasteiger partial charge in [0.15, 0.2) is 0 Å². The third-order valence-corrected chi connectivity index (χ3v) is 3.53. The van der Waals surface area contributed by atoms with Crippen LogP contribution < -0.4 is 5.73 Å². The highest BCUT2D eigenvalue weighted by Crippen LogP contribution is 2.30. The Kier molecular flexibility index (Phi) is 2.92. The molecule has 0 aliphatic rings. The van der Waals surface area contributed by atoms with Crippen molar-refractivity contribution >= 4 is 5.82 Å². The van der Waals surface area contributed by atoms with E-state index in [1.807, 2.05) is 0 Å². The van der Waals surface area contributed by atoms with Gasteiger partial charge in [-0.1, -0.05) is 45.0 Å². The van der Waals surface area contributed by atoms with Crippen molar-refractivity contribution in [1.29, 1.82) is 0 Å². The molecule has 0 atom stereocenters. The van der Waals surface area contributed by atoms with Crippen molar-refractivity contribution in [2.45, 2.75) is 32.6 Å². The second-order valence-corrected chi connectivity index (χ2v) is 5.01. The molecule has 0 aliphatic heterocycles. The minimum Gasteiger partial charge on any atom is -0.384 e. The molecular formula is C14H19N3. The van der Waals surface area contributed by atoms with Crippen molar-refractivity contribution in [3.05, 3.63) is 36.0 Å². The summed E-state index contributed by atoms with van der Waals surface area (Å²) in [5, 5.41) is 6.69. The lowest BCUT2D eigenvalue weighted by molar-refractivity contribution is 0.506. The second-order valence-electron chi connectivity index (χ2n) is 5.01. The fraction of sp³-hybridized carbons (Fsp3) is 0.357. The first-order valence-electron chi connectivity index (χ1n) is 5.94. The Balaban J connectivity index is 2.34. The smallest absolute Gasteiger partial charge is 0.126 e. The Morgan fingerprint density at radius 3 is 2.35 bits per heavy atom. The summed E-state index contributed by atoms with van der Waals surface area (Å²) in [4.78, 5) is 0. The standard InChI is InChI=1S/C14H19N3/c1-4-14(2,3)11-7-5-10(6-8-11)12-9-16-17-13(12)15/h5-9H,4H2,1-3H3,(H3,15,16,17). The van der Waals surface area contributed by atoms with Gasteiger partial charge in [-0.2, -0.15) is 5.10 Å². The highest BCUT2D eigenvalue weighted by atomic mass is 15.1. The molecule has 0 spiro atoms. The van der Waals surface area contributed by atoms with Crippen LogP contribution in [0.5, 0.6) is 0 Å². The molecule has 2 rings (SSSR count). The molecule has 0 aliphatic carbocycles. The van der Waals surface area contributed by atoms with E-state index in [0.29, 0.717) is 5.82 Å². The minimum atomic E-state index is 0.223. The summed E-state index contributed by atoms with van der Waals surface area (Å²) in [7, 11) is 0. The molecule has 3 nitrogen and oxygen atoms in total. The zero-order valence-corrected chi connectivity index (χ0v) is 10.6. The maximum atomic E-state index is 5.80. The summed E-state index contributed by atoms with van der Waals surface area (Å²) in [6.07, 6.45) is 2.88. The number of benzene rings is 1. The van der Waals surface area contributed by atoms with Gasteiger partial charge in [-0.3, -0.25) is 5.10 Å². The zero-order valence-electron chi connectivity index (χ0n) is 10.6. The number of hydrogen-bond acceptors (Lipinski definition) is 2. The van der Waals surface area contributed by atoms with Gasteiger partial charge >= 0.3 is 0 Å². The van der Waals surface area contributed by atoms with Crippen molar-refractivity contribution < 1.29 is 0 Å². The van der Waals surface area contributed by atoms with E-state index in [2.05, 4.69) is 55.2 Å². The van der Waals surface area contributed by atoms with Crippen molar-refractivity contribution in [1.82, 2.24) is 10.2 Å². The molecule has 3 heteroatoms. The van der Waals surface area contributed by atoms with E-state index in [4.69, 9.17) is 5.73 Å². The number of aromatic amines is 1. The highest BCUT2D eigenvalue weighted by molar-refractivity contribution is 5.73. The number of anilines is 1. The van der Waals surface area contributed by atoms with Gasteiger partial charge in [-0.05, 0) is 23.0 Å². The summed E-state index contributed by atoms with van der Waals surface area (Å²) in [6, 6.07) is 8.55. The third kappa shape index (κ3) is 2.18. The second kappa shape index (κ2) is 4.24. The van der Waals surface area contributed by atoms with Crippen LogP contribution >= 0.6 is 0 Å². The Hall–Kier alpha value is -1.77. The molecule has 0 radical (unpaired) electrons. The molecule has 0 amide bonds. The maximum Gasteiger partial charge on any atom is 0.126 e. The summed E-state index contributed by atoms with van der Waals surface area (Å²) in [5.41, 5.74) is 9.45. The summed E-state index contributed by atoms with van der Waals surface area (Å²) >= 11 is 0. The maximum absolute atomic E-state index is 5.80. The lowest BCUT2D eigenvalue weighted by Crippen LogP contribution is -2.14. The molecule has 0 unspecified atom stereocenters. The van der Waals surface area contributed by atoms with Crippen LogP contribution in [-0.2, 0) is 5.41 Å². The van der Waals surface area contributed by atoms with Gasteiger partial charge in [0.1, 0.15) is 5.82 Å². The fourth-order valence-electron chi connectivity index (χ4n) is 1.83. The quantitative estimate of drug-likeness (QED) is 0.848. The van der Waals surface area contributed by atoms with E-state index in [9.17, 15) is 0 Å². The summed E-state index contributed by atoms with van der Waals surface area (Å²) in [6.45, 7) is 6.73. The van der Waals surface area contributed by atoms with Gasteiger partial charge in [0.25, 0.3) is 0 Å². The van der Waals surface area contributed by atoms with Gasteiger partial charge < -0.3 is 5.73 Å². The van der Waals surface area contributed by atoms with Crippen LogP contribution in [-0.4, -0.2) is 10.2 Å². The Morgan fingerprint density at radius 1 is 1.24 bits per heavy atom. The van der Waals surface area contributed by atoms with Crippen LogP contribution in [0.3, 0.4) is 0 Å². The topological polar surface area (TPSA) is 54.7 Å². The average Bonchev–Trinajstić information content (AvgIpc) is 2.76. The number of nitrogens with zero attached hydrogens (tertiary/aromatic N) is 1. The molecule has 90 valence electrons. The van der Waals surface area contributed by atoms with E-state index >= 15 is 0 Å². The summed E-state index contributed by atoms with van der Waals surface area (Å²) in [5.74, 6) is 0.618. The Bertz CT molecular complexity index is 494.